The molecule has 0 spiro atoms. The first-order valence-corrected chi connectivity index (χ1v) is 0. The Kier molecular flexibility index (Phi) is 155. The summed E-state index contributed by atoms with van der Waals surface area (Å²) in [5, 5.41) is 0. The molecule has 0 amide bonds. The van der Waals surface area contributed by atoms with E-state index in [1.807, 2.05) is 0 Å². The van der Waals surface area contributed by atoms with Crippen molar-refractivity contribution in [2.24, 2.45) is 0 Å². The number of rotatable bonds is 0. The van der Waals surface area contributed by atoms with Crippen LogP contribution in [0.1, 0.15) is 0 Å². The first-order chi connectivity index (χ1) is 0. The number of hydrogen-bond acceptors (Lipinski definition) is 0. The third kappa shape index (κ3) is 8.85. The summed E-state index contributed by atoms with van der Waals surface area (Å²) in [7, 11) is 0. The van der Waals surface area contributed by atoms with Crippen molar-refractivity contribution in [1.82, 2.24) is 0 Å². The summed E-state index contributed by atoms with van der Waals surface area (Å²) in [6, 6.07) is 0. The van der Waals surface area contributed by atoms with E-state index >= 15 is 0 Å². The normalized spacial score (nSPS) is 0. The van der Waals surface area contributed by atoms with E-state index in [-0.39, 0.29) is 82.0 Å². The van der Waals surface area contributed by atoms with Crippen molar-refractivity contribution in [2.75, 3.05) is 0 Å². The molecule has 4 heavy (non-hydrogen) atoms. The molecule has 28 valence electrons. The van der Waals surface area contributed by atoms with E-state index < -0.39 is 0 Å². The van der Waals surface area contributed by atoms with E-state index in [9.17, 15) is 0 Å². The largest absolute Gasteiger partial charge is 0.412 e. The molecule has 4 heteroatoms. The zero-order valence-corrected chi connectivity index (χ0v) is 8.29. The maximum absolute atomic E-state index is 0. The van der Waals surface area contributed by atoms with Crippen molar-refractivity contribution in [1.29, 1.82) is 0 Å². The minimum atomic E-state index is 0. The van der Waals surface area contributed by atoms with Crippen molar-refractivity contribution in [3.05, 3.63) is 0 Å². The summed E-state index contributed by atoms with van der Waals surface area (Å²) in [5.74, 6) is 0. The summed E-state index contributed by atoms with van der Waals surface area (Å²) in [6.45, 7) is 0. The molecular weight excluding hydrogens is 427 g/mol. The fourth-order valence-electron chi connectivity index (χ4n) is 0. The van der Waals surface area contributed by atoms with Gasteiger partial charge in [-0.05, 0) is 0 Å². The SMILES string of the molecule is O.O.[Gd].[U]. The van der Waals surface area contributed by atoms with Gasteiger partial charge in [0.2, 0.25) is 0 Å². The Bertz CT molecular complexity index is 6.00. The van der Waals surface area contributed by atoms with Gasteiger partial charge in [0, 0.05) is 71.1 Å². The molecule has 0 aromatic carbocycles. The van der Waals surface area contributed by atoms with Crippen molar-refractivity contribution >= 4 is 0 Å². The van der Waals surface area contributed by atoms with Crippen molar-refractivity contribution in [2.45, 2.75) is 0 Å². The molecule has 2 nitrogen and oxygen atoms in total. The van der Waals surface area contributed by atoms with Crippen LogP contribution in [0, 0.1) is 71.1 Å². The van der Waals surface area contributed by atoms with Gasteiger partial charge in [-0.3, -0.25) is 0 Å². The molecule has 0 saturated heterocycles. The summed E-state index contributed by atoms with van der Waals surface area (Å²) in [5.41, 5.74) is 0. The van der Waals surface area contributed by atoms with E-state index in [4.69, 9.17) is 0 Å². The molecule has 0 aromatic heterocycles. The molecule has 0 radical (unpaired) electrons. The summed E-state index contributed by atoms with van der Waals surface area (Å²) in [6.07, 6.45) is 0. The van der Waals surface area contributed by atoms with Crippen LogP contribution in [0.5, 0.6) is 0 Å². The van der Waals surface area contributed by atoms with Crippen LogP contribution in [-0.2, 0) is 0 Å². The van der Waals surface area contributed by atoms with Gasteiger partial charge in [-0.15, -0.1) is 0 Å². The Balaban J connectivity index is 0. The van der Waals surface area contributed by atoms with Gasteiger partial charge in [-0.1, -0.05) is 0 Å². The second-order valence-electron chi connectivity index (χ2n) is 0. The molecule has 0 aromatic rings. The Hall–Kier alpha value is 2.30. The van der Waals surface area contributed by atoms with Gasteiger partial charge >= 0.3 is 0 Å². The van der Waals surface area contributed by atoms with Crippen molar-refractivity contribution < 1.29 is 82.0 Å². The fraction of sp³-hybridized carbons (Fsp3) is 0. The maximum Gasteiger partial charge on any atom is 0 e. The molecule has 0 atom stereocenters. The van der Waals surface area contributed by atoms with E-state index in [1.54, 1.807) is 0 Å². The van der Waals surface area contributed by atoms with Gasteiger partial charge in [0.15, 0.2) is 0 Å². The molecule has 0 heterocycles. The molecule has 0 aliphatic carbocycles. The molecule has 0 bridgehead atoms. The van der Waals surface area contributed by atoms with Gasteiger partial charge in [-0.2, -0.15) is 0 Å². The molecule has 4 N–H and O–H groups in total. The second-order valence-corrected chi connectivity index (χ2v) is 0. The third-order valence-electron chi connectivity index (χ3n) is 0. The van der Waals surface area contributed by atoms with Gasteiger partial charge in [-0.25, -0.2) is 0 Å². The van der Waals surface area contributed by atoms with Crippen LogP contribution in [0.15, 0.2) is 0 Å². The summed E-state index contributed by atoms with van der Waals surface area (Å²) in [4.78, 5) is 0. The predicted octanol–water partition coefficient (Wildman–Crippen LogP) is -1.65. The average Bonchev–Trinajstić information content (AvgIpc) is 0. The first-order valence-electron chi connectivity index (χ1n) is 0. The minimum Gasteiger partial charge on any atom is -0.412 e. The molecule has 0 fully saturated rings. The standard InChI is InChI=1S/Gd.2H2O.U/h;2*1H2;. The van der Waals surface area contributed by atoms with Gasteiger partial charge < -0.3 is 11.0 Å². The summed E-state index contributed by atoms with van der Waals surface area (Å²) < 4.78 is 0. The zero-order valence-electron chi connectivity index (χ0n) is 1.85. The molecule has 0 rings (SSSR count). The average molecular weight is 431 g/mol. The van der Waals surface area contributed by atoms with E-state index in [2.05, 4.69) is 0 Å². The van der Waals surface area contributed by atoms with Crippen LogP contribution in [0.2, 0.25) is 0 Å². The Morgan fingerprint density at radius 2 is 0.750 bits per heavy atom. The van der Waals surface area contributed by atoms with Crippen LogP contribution in [0.25, 0.3) is 0 Å². The van der Waals surface area contributed by atoms with Crippen LogP contribution in [-0.4, -0.2) is 11.0 Å². The molecular formula is H4GdO2U. The van der Waals surface area contributed by atoms with Crippen LogP contribution in [0.3, 0.4) is 0 Å². The summed E-state index contributed by atoms with van der Waals surface area (Å²) >= 11 is 0. The van der Waals surface area contributed by atoms with Crippen LogP contribution < -0.4 is 0 Å². The zero-order chi connectivity index (χ0) is 0. The number of hydrogen-bond donors (Lipinski definition) is 0. The second kappa shape index (κ2) is 18.5. The Labute approximate surface area is 80.4 Å². The topological polar surface area (TPSA) is 63.0 Å². The van der Waals surface area contributed by atoms with Gasteiger partial charge in [0.1, 0.15) is 0 Å². The first kappa shape index (κ1) is 33.5. The maximum atomic E-state index is 0. The molecule has 0 aliphatic rings. The van der Waals surface area contributed by atoms with Gasteiger partial charge in [0.25, 0.3) is 0 Å². The van der Waals surface area contributed by atoms with Crippen molar-refractivity contribution in [3.8, 4) is 0 Å². The fourth-order valence-corrected chi connectivity index (χ4v) is 0. The molecule has 0 saturated carbocycles. The predicted molar refractivity (Wildman–Crippen MR) is 7.23 cm³/mol. The van der Waals surface area contributed by atoms with E-state index in [0.29, 0.717) is 0 Å². The van der Waals surface area contributed by atoms with Crippen LogP contribution >= 0.6 is 0 Å². The minimum absolute atomic E-state index is 0. The molecule has 0 aliphatic heterocycles. The Morgan fingerprint density at radius 3 is 0.750 bits per heavy atom. The van der Waals surface area contributed by atoms with Crippen molar-refractivity contribution in [3.63, 3.8) is 0 Å². The molecule has 0 unspecified atom stereocenters. The van der Waals surface area contributed by atoms with E-state index in [1.165, 1.54) is 0 Å². The van der Waals surface area contributed by atoms with Crippen LogP contribution in [0.4, 0.5) is 0 Å². The smallest absolute Gasteiger partial charge is 0 e. The Morgan fingerprint density at radius 1 is 0.750 bits per heavy atom. The third-order valence-corrected chi connectivity index (χ3v) is 0. The monoisotopic (exact) mass is 432 g/mol. The quantitative estimate of drug-likeness (QED) is 0.442. The van der Waals surface area contributed by atoms with Gasteiger partial charge in [0.05, 0.1) is 0 Å². The van der Waals surface area contributed by atoms with E-state index in [0.717, 1.165) is 0 Å².